The maximum atomic E-state index is 11.5. The Bertz CT molecular complexity index is 479. The van der Waals surface area contributed by atoms with Crippen LogP contribution in [0.4, 0.5) is 0 Å². The second-order valence-electron chi connectivity index (χ2n) is 5.01. The summed E-state index contributed by atoms with van der Waals surface area (Å²) in [6, 6.07) is 5.95. The molecule has 2 rings (SSSR count). The van der Waals surface area contributed by atoms with E-state index in [0.717, 1.165) is 17.6 Å². The van der Waals surface area contributed by atoms with Crippen LogP contribution in [-0.2, 0) is 16.1 Å². The molecule has 2 atom stereocenters. The SMILES string of the molecule is CO[C@H]1C[C@@H](C(N)=O)N(Cc2ccc(Br)cc2C)C1. The molecule has 19 heavy (non-hydrogen) atoms. The number of amides is 1. The largest absolute Gasteiger partial charge is 0.380 e. The van der Waals surface area contributed by atoms with Crippen molar-refractivity contribution >= 4 is 21.8 Å². The van der Waals surface area contributed by atoms with Gasteiger partial charge in [0.05, 0.1) is 12.1 Å². The molecule has 0 spiro atoms. The summed E-state index contributed by atoms with van der Waals surface area (Å²) < 4.78 is 6.42. The number of hydrogen-bond donors (Lipinski definition) is 1. The van der Waals surface area contributed by atoms with Gasteiger partial charge in [-0.3, -0.25) is 9.69 Å². The molecule has 1 fully saturated rings. The number of likely N-dealkylation sites (tertiary alicyclic amines) is 1. The number of carbonyl (C=O) groups is 1. The van der Waals surface area contributed by atoms with Crippen molar-refractivity contribution in [2.45, 2.75) is 32.0 Å². The highest BCUT2D eigenvalue weighted by Gasteiger charge is 2.35. The minimum Gasteiger partial charge on any atom is -0.380 e. The van der Waals surface area contributed by atoms with Gasteiger partial charge in [-0.05, 0) is 36.6 Å². The number of methoxy groups -OCH3 is 1. The van der Waals surface area contributed by atoms with E-state index in [9.17, 15) is 4.79 Å². The van der Waals surface area contributed by atoms with Crippen LogP contribution < -0.4 is 5.73 Å². The maximum absolute atomic E-state index is 11.5. The zero-order valence-corrected chi connectivity index (χ0v) is 12.8. The summed E-state index contributed by atoms with van der Waals surface area (Å²) >= 11 is 3.46. The van der Waals surface area contributed by atoms with Crippen molar-refractivity contribution in [1.82, 2.24) is 4.90 Å². The summed E-state index contributed by atoms with van der Waals surface area (Å²) in [6.07, 6.45) is 0.773. The molecule has 1 aromatic carbocycles. The van der Waals surface area contributed by atoms with E-state index in [-0.39, 0.29) is 18.1 Å². The summed E-state index contributed by atoms with van der Waals surface area (Å²) in [5.74, 6) is -0.269. The molecule has 0 unspecified atom stereocenters. The number of halogens is 1. The summed E-state index contributed by atoms with van der Waals surface area (Å²) in [6.45, 7) is 3.55. The number of aryl methyl sites for hydroxylation is 1. The summed E-state index contributed by atoms with van der Waals surface area (Å²) in [7, 11) is 1.68. The molecule has 0 bridgehead atoms. The molecule has 5 heteroatoms. The van der Waals surface area contributed by atoms with Crippen molar-refractivity contribution in [2.75, 3.05) is 13.7 Å². The van der Waals surface area contributed by atoms with Crippen LogP contribution in [0.5, 0.6) is 0 Å². The van der Waals surface area contributed by atoms with Gasteiger partial charge in [-0.15, -0.1) is 0 Å². The third-order valence-corrected chi connectivity index (χ3v) is 4.20. The fraction of sp³-hybridized carbons (Fsp3) is 0.500. The van der Waals surface area contributed by atoms with Crippen molar-refractivity contribution in [3.05, 3.63) is 33.8 Å². The van der Waals surface area contributed by atoms with Crippen molar-refractivity contribution in [3.63, 3.8) is 0 Å². The molecule has 0 saturated carbocycles. The molecular weight excluding hydrogens is 308 g/mol. The fourth-order valence-electron chi connectivity index (χ4n) is 2.56. The predicted octanol–water partition coefficient (Wildman–Crippen LogP) is 1.83. The molecule has 2 N–H and O–H groups in total. The van der Waals surface area contributed by atoms with Gasteiger partial charge in [-0.25, -0.2) is 0 Å². The lowest BCUT2D eigenvalue weighted by atomic mass is 10.1. The average molecular weight is 327 g/mol. The standard InChI is InChI=1S/C14H19BrN2O2/c1-9-5-11(15)4-3-10(9)7-17-8-12(19-2)6-13(17)14(16)18/h3-5,12-13H,6-8H2,1-2H3,(H2,16,18)/t12-,13-/m0/s1. The molecule has 1 amide bonds. The van der Waals surface area contributed by atoms with Crippen LogP contribution in [0.1, 0.15) is 17.5 Å². The van der Waals surface area contributed by atoms with E-state index in [1.54, 1.807) is 7.11 Å². The lowest BCUT2D eigenvalue weighted by Crippen LogP contribution is -2.39. The van der Waals surface area contributed by atoms with Gasteiger partial charge < -0.3 is 10.5 Å². The Balaban J connectivity index is 2.14. The molecule has 4 nitrogen and oxygen atoms in total. The molecule has 104 valence electrons. The number of rotatable bonds is 4. The van der Waals surface area contributed by atoms with Gasteiger partial charge in [0, 0.05) is 24.7 Å². The predicted molar refractivity (Wildman–Crippen MR) is 77.7 cm³/mol. The lowest BCUT2D eigenvalue weighted by molar-refractivity contribution is -0.122. The van der Waals surface area contributed by atoms with E-state index >= 15 is 0 Å². The number of primary amides is 1. The quantitative estimate of drug-likeness (QED) is 0.918. The Hall–Kier alpha value is -0.910. The van der Waals surface area contributed by atoms with Crippen molar-refractivity contribution in [2.24, 2.45) is 5.73 Å². The van der Waals surface area contributed by atoms with Gasteiger partial charge in [-0.1, -0.05) is 22.0 Å². The van der Waals surface area contributed by atoms with E-state index in [1.165, 1.54) is 11.1 Å². The summed E-state index contributed by atoms with van der Waals surface area (Å²) in [4.78, 5) is 13.6. The van der Waals surface area contributed by atoms with Crippen LogP contribution >= 0.6 is 15.9 Å². The number of carbonyl (C=O) groups excluding carboxylic acids is 1. The minimum absolute atomic E-state index is 0.0910. The van der Waals surface area contributed by atoms with Crippen LogP contribution in [0.25, 0.3) is 0 Å². The first kappa shape index (κ1) is 14.5. The van der Waals surface area contributed by atoms with Gasteiger partial charge in [0.15, 0.2) is 0 Å². The number of benzene rings is 1. The Labute approximate surface area is 122 Å². The summed E-state index contributed by atoms with van der Waals surface area (Å²) in [5.41, 5.74) is 7.90. The fourth-order valence-corrected chi connectivity index (χ4v) is 3.03. The Kier molecular flexibility index (Phi) is 4.60. The van der Waals surface area contributed by atoms with Gasteiger partial charge in [-0.2, -0.15) is 0 Å². The Morgan fingerprint density at radius 1 is 1.58 bits per heavy atom. The van der Waals surface area contributed by atoms with Gasteiger partial charge in [0.2, 0.25) is 5.91 Å². The minimum atomic E-state index is -0.269. The molecule has 1 aliphatic heterocycles. The van der Waals surface area contributed by atoms with Gasteiger partial charge in [0.1, 0.15) is 0 Å². The highest BCUT2D eigenvalue weighted by molar-refractivity contribution is 9.10. The Morgan fingerprint density at radius 2 is 2.32 bits per heavy atom. The zero-order chi connectivity index (χ0) is 14.0. The summed E-state index contributed by atoms with van der Waals surface area (Å²) in [5, 5.41) is 0. The first-order valence-electron chi connectivity index (χ1n) is 6.32. The molecule has 1 heterocycles. The van der Waals surface area contributed by atoms with Gasteiger partial charge in [0.25, 0.3) is 0 Å². The molecule has 0 radical (unpaired) electrons. The van der Waals surface area contributed by atoms with E-state index in [1.807, 2.05) is 6.07 Å². The second kappa shape index (κ2) is 6.03. The highest BCUT2D eigenvalue weighted by atomic mass is 79.9. The topological polar surface area (TPSA) is 55.6 Å². The van der Waals surface area contributed by atoms with Crippen LogP contribution in [0.15, 0.2) is 22.7 Å². The molecule has 0 aromatic heterocycles. The van der Waals surface area contributed by atoms with E-state index in [2.05, 4.69) is 39.9 Å². The smallest absolute Gasteiger partial charge is 0.234 e. The molecular formula is C14H19BrN2O2. The lowest BCUT2D eigenvalue weighted by Gasteiger charge is -2.22. The van der Waals surface area contributed by atoms with Crippen molar-refractivity contribution < 1.29 is 9.53 Å². The third-order valence-electron chi connectivity index (χ3n) is 3.70. The van der Waals surface area contributed by atoms with Crippen LogP contribution in [0.2, 0.25) is 0 Å². The van der Waals surface area contributed by atoms with E-state index in [4.69, 9.17) is 10.5 Å². The molecule has 0 aliphatic carbocycles. The van der Waals surface area contributed by atoms with Gasteiger partial charge >= 0.3 is 0 Å². The first-order chi connectivity index (χ1) is 9.01. The van der Waals surface area contributed by atoms with E-state index < -0.39 is 0 Å². The number of ether oxygens (including phenoxy) is 1. The van der Waals surface area contributed by atoms with Crippen molar-refractivity contribution in [3.8, 4) is 0 Å². The molecule has 1 aliphatic rings. The van der Waals surface area contributed by atoms with Crippen LogP contribution in [-0.4, -0.2) is 36.6 Å². The molecule has 1 aromatic rings. The highest BCUT2D eigenvalue weighted by Crippen LogP contribution is 2.24. The average Bonchev–Trinajstić information content (AvgIpc) is 2.76. The van der Waals surface area contributed by atoms with Crippen LogP contribution in [0, 0.1) is 6.92 Å². The number of nitrogens with zero attached hydrogens (tertiary/aromatic N) is 1. The van der Waals surface area contributed by atoms with Crippen molar-refractivity contribution in [1.29, 1.82) is 0 Å². The second-order valence-corrected chi connectivity index (χ2v) is 5.93. The first-order valence-corrected chi connectivity index (χ1v) is 7.11. The number of nitrogens with two attached hydrogens (primary N) is 1. The number of hydrogen-bond acceptors (Lipinski definition) is 3. The maximum Gasteiger partial charge on any atom is 0.234 e. The monoisotopic (exact) mass is 326 g/mol. The Morgan fingerprint density at radius 3 is 2.89 bits per heavy atom. The van der Waals surface area contributed by atoms with Crippen LogP contribution in [0.3, 0.4) is 0 Å². The third kappa shape index (κ3) is 3.35. The van der Waals surface area contributed by atoms with E-state index in [0.29, 0.717) is 6.42 Å². The molecule has 1 saturated heterocycles. The zero-order valence-electron chi connectivity index (χ0n) is 11.2. The normalized spacial score (nSPS) is 23.7.